The lowest BCUT2D eigenvalue weighted by atomic mass is 10.0. The van der Waals surface area contributed by atoms with Crippen LogP contribution in [0.2, 0.25) is 0 Å². The molecular formula is C31H36N2O4. The maximum atomic E-state index is 13.8. The largest absolute Gasteiger partial charge is 0.454 e. The quantitative estimate of drug-likeness (QED) is 0.392. The third-order valence-corrected chi connectivity index (χ3v) is 6.77. The molecule has 194 valence electrons. The molecule has 0 saturated heterocycles. The minimum atomic E-state index is -0.624. The van der Waals surface area contributed by atoms with Crippen LogP contribution in [0.15, 0.2) is 72.8 Å². The molecule has 0 aromatic heterocycles. The minimum absolute atomic E-state index is 0.0235. The molecule has 0 radical (unpaired) electrons. The van der Waals surface area contributed by atoms with E-state index in [-0.39, 0.29) is 31.1 Å². The van der Waals surface area contributed by atoms with Crippen molar-refractivity contribution in [3.05, 3.63) is 95.1 Å². The van der Waals surface area contributed by atoms with Gasteiger partial charge in [0.2, 0.25) is 18.6 Å². The molecule has 2 atom stereocenters. The number of rotatable bonds is 11. The van der Waals surface area contributed by atoms with Crippen molar-refractivity contribution >= 4 is 11.8 Å². The van der Waals surface area contributed by atoms with Crippen molar-refractivity contribution in [1.29, 1.82) is 0 Å². The highest BCUT2D eigenvalue weighted by atomic mass is 16.7. The van der Waals surface area contributed by atoms with Crippen molar-refractivity contribution in [2.75, 3.05) is 6.79 Å². The molecule has 1 N–H and O–H groups in total. The Labute approximate surface area is 219 Å². The van der Waals surface area contributed by atoms with Crippen LogP contribution in [0.5, 0.6) is 11.5 Å². The number of hydrogen-bond acceptors (Lipinski definition) is 4. The molecule has 3 aromatic carbocycles. The van der Waals surface area contributed by atoms with Crippen molar-refractivity contribution in [3.8, 4) is 11.5 Å². The highest BCUT2D eigenvalue weighted by Crippen LogP contribution is 2.33. The highest BCUT2D eigenvalue weighted by molar-refractivity contribution is 5.88. The molecule has 0 aliphatic carbocycles. The fourth-order valence-corrected chi connectivity index (χ4v) is 4.49. The van der Waals surface area contributed by atoms with Crippen molar-refractivity contribution in [1.82, 2.24) is 10.2 Å². The molecule has 0 spiro atoms. The fraction of sp³-hybridized carbons (Fsp3) is 0.355. The zero-order chi connectivity index (χ0) is 26.2. The lowest BCUT2D eigenvalue weighted by molar-refractivity contribution is -0.141. The third-order valence-electron chi connectivity index (χ3n) is 6.77. The van der Waals surface area contributed by atoms with Crippen LogP contribution in [0.1, 0.15) is 48.9 Å². The number of aryl methyl sites for hydroxylation is 2. The molecule has 2 amide bonds. The van der Waals surface area contributed by atoms with Gasteiger partial charge in [-0.05, 0) is 55.5 Å². The average molecular weight is 501 g/mol. The van der Waals surface area contributed by atoms with E-state index in [4.69, 9.17) is 9.47 Å². The molecule has 0 fully saturated rings. The van der Waals surface area contributed by atoms with E-state index >= 15 is 0 Å². The summed E-state index contributed by atoms with van der Waals surface area (Å²) in [5.74, 6) is 1.25. The van der Waals surface area contributed by atoms with Crippen LogP contribution in [0.25, 0.3) is 0 Å². The number of carbonyl (C=O) groups excluding carboxylic acids is 2. The Morgan fingerprint density at radius 1 is 0.919 bits per heavy atom. The van der Waals surface area contributed by atoms with Gasteiger partial charge in [-0.15, -0.1) is 0 Å². The van der Waals surface area contributed by atoms with Gasteiger partial charge in [0.1, 0.15) is 6.04 Å². The van der Waals surface area contributed by atoms with Gasteiger partial charge >= 0.3 is 0 Å². The van der Waals surface area contributed by atoms with Crippen LogP contribution in [-0.2, 0) is 29.0 Å². The van der Waals surface area contributed by atoms with Gasteiger partial charge in [0.25, 0.3) is 0 Å². The summed E-state index contributed by atoms with van der Waals surface area (Å²) in [5.41, 5.74) is 4.14. The topological polar surface area (TPSA) is 67.9 Å². The molecule has 6 nitrogen and oxygen atoms in total. The van der Waals surface area contributed by atoms with E-state index in [1.54, 1.807) is 4.90 Å². The van der Waals surface area contributed by atoms with E-state index in [1.807, 2.05) is 87.5 Å². The van der Waals surface area contributed by atoms with Crippen LogP contribution in [0.4, 0.5) is 0 Å². The Morgan fingerprint density at radius 3 is 2.43 bits per heavy atom. The molecule has 37 heavy (non-hydrogen) atoms. The summed E-state index contributed by atoms with van der Waals surface area (Å²) in [6.45, 7) is 6.65. The summed E-state index contributed by atoms with van der Waals surface area (Å²) >= 11 is 0. The summed E-state index contributed by atoms with van der Waals surface area (Å²) in [7, 11) is 0. The SMILES string of the molecule is CC[C@@H](C)NC(=O)[C@H](Cc1ccccc1)N(Cc1cccc(C)c1)C(=O)CCc1ccc2c(c1)OCO2. The van der Waals surface area contributed by atoms with Gasteiger partial charge in [0, 0.05) is 25.4 Å². The van der Waals surface area contributed by atoms with Gasteiger partial charge in [-0.25, -0.2) is 0 Å². The minimum Gasteiger partial charge on any atom is -0.454 e. The van der Waals surface area contributed by atoms with Crippen molar-refractivity contribution in [2.45, 2.75) is 65.1 Å². The van der Waals surface area contributed by atoms with Crippen LogP contribution in [0, 0.1) is 6.92 Å². The summed E-state index contributed by atoms with van der Waals surface area (Å²) in [6.07, 6.45) is 2.10. The first-order valence-corrected chi connectivity index (χ1v) is 13.0. The summed E-state index contributed by atoms with van der Waals surface area (Å²) in [6, 6.07) is 23.2. The van der Waals surface area contributed by atoms with Gasteiger partial charge in [-0.2, -0.15) is 0 Å². The predicted octanol–water partition coefficient (Wildman–Crippen LogP) is 5.21. The first kappa shape index (κ1) is 26.3. The number of nitrogens with zero attached hydrogens (tertiary/aromatic N) is 1. The smallest absolute Gasteiger partial charge is 0.243 e. The Balaban J connectivity index is 1.60. The standard InChI is InChI=1S/C31H36N2O4/c1-4-23(3)32-31(35)27(18-24-10-6-5-7-11-24)33(20-26-12-8-9-22(2)17-26)30(34)16-14-25-13-15-28-29(19-25)37-21-36-28/h5-13,15,17,19,23,27H,4,14,16,18,20-21H2,1-3H3,(H,32,35)/t23-,27+/m1/s1. The second kappa shape index (κ2) is 12.4. The molecule has 0 bridgehead atoms. The zero-order valence-corrected chi connectivity index (χ0v) is 21.9. The van der Waals surface area contributed by atoms with Crippen LogP contribution in [0.3, 0.4) is 0 Å². The first-order valence-electron chi connectivity index (χ1n) is 13.0. The number of benzene rings is 3. The molecule has 4 rings (SSSR count). The van der Waals surface area contributed by atoms with Crippen LogP contribution >= 0.6 is 0 Å². The molecule has 3 aromatic rings. The lowest BCUT2D eigenvalue weighted by Gasteiger charge is -2.32. The molecule has 1 heterocycles. The number of carbonyl (C=O) groups is 2. The second-order valence-electron chi connectivity index (χ2n) is 9.72. The average Bonchev–Trinajstić information content (AvgIpc) is 3.38. The second-order valence-corrected chi connectivity index (χ2v) is 9.72. The van der Waals surface area contributed by atoms with Gasteiger partial charge in [-0.3, -0.25) is 9.59 Å². The molecule has 1 aliphatic heterocycles. The molecule has 0 unspecified atom stereocenters. The first-order chi connectivity index (χ1) is 17.9. The lowest BCUT2D eigenvalue weighted by Crippen LogP contribution is -2.52. The van der Waals surface area contributed by atoms with E-state index in [0.717, 1.165) is 34.4 Å². The van der Waals surface area contributed by atoms with E-state index < -0.39 is 6.04 Å². The maximum Gasteiger partial charge on any atom is 0.243 e. The van der Waals surface area contributed by atoms with Crippen LogP contribution < -0.4 is 14.8 Å². The van der Waals surface area contributed by atoms with Gasteiger partial charge in [0.05, 0.1) is 0 Å². The fourth-order valence-electron chi connectivity index (χ4n) is 4.49. The van der Waals surface area contributed by atoms with Gasteiger partial charge in [0.15, 0.2) is 11.5 Å². The van der Waals surface area contributed by atoms with Crippen molar-refractivity contribution in [2.24, 2.45) is 0 Å². The molecular weight excluding hydrogens is 464 g/mol. The predicted molar refractivity (Wildman–Crippen MR) is 144 cm³/mol. The maximum absolute atomic E-state index is 13.8. The normalized spacial score (nSPS) is 13.6. The van der Waals surface area contributed by atoms with E-state index in [1.165, 1.54) is 0 Å². The summed E-state index contributed by atoms with van der Waals surface area (Å²) < 4.78 is 10.9. The molecule has 6 heteroatoms. The van der Waals surface area contributed by atoms with E-state index in [2.05, 4.69) is 11.4 Å². The summed E-state index contributed by atoms with van der Waals surface area (Å²) in [4.78, 5) is 29.2. The number of fused-ring (bicyclic) bond motifs is 1. The van der Waals surface area contributed by atoms with E-state index in [9.17, 15) is 9.59 Å². The van der Waals surface area contributed by atoms with E-state index in [0.29, 0.717) is 25.1 Å². The molecule has 0 saturated carbocycles. The number of ether oxygens (including phenoxy) is 2. The Hall–Kier alpha value is -3.80. The zero-order valence-electron chi connectivity index (χ0n) is 21.9. The van der Waals surface area contributed by atoms with Crippen molar-refractivity contribution in [3.63, 3.8) is 0 Å². The third kappa shape index (κ3) is 7.13. The van der Waals surface area contributed by atoms with Gasteiger partial charge < -0.3 is 19.7 Å². The summed E-state index contributed by atoms with van der Waals surface area (Å²) in [5, 5.41) is 3.12. The molecule has 1 aliphatic rings. The monoisotopic (exact) mass is 500 g/mol. The Kier molecular flexibility index (Phi) is 8.83. The van der Waals surface area contributed by atoms with Crippen molar-refractivity contribution < 1.29 is 19.1 Å². The highest BCUT2D eigenvalue weighted by Gasteiger charge is 2.31. The number of amides is 2. The Morgan fingerprint density at radius 2 is 1.68 bits per heavy atom. The van der Waals surface area contributed by atoms with Gasteiger partial charge in [-0.1, -0.05) is 73.2 Å². The number of hydrogen-bond donors (Lipinski definition) is 1. The number of nitrogens with one attached hydrogen (secondary N) is 1. The van der Waals surface area contributed by atoms with Crippen LogP contribution in [-0.4, -0.2) is 35.6 Å². The Bertz CT molecular complexity index is 1210.